The zero-order valence-electron chi connectivity index (χ0n) is 22.9. The second kappa shape index (κ2) is 14.7. The number of carbonyl (C=O) groups excluding carboxylic acids is 2. The molecule has 1 aliphatic rings. The number of hydroxylamine groups is 1. The van der Waals surface area contributed by atoms with E-state index < -0.39 is 12.2 Å². The van der Waals surface area contributed by atoms with Gasteiger partial charge in [-0.2, -0.15) is 0 Å². The van der Waals surface area contributed by atoms with E-state index in [9.17, 15) is 14.7 Å². The van der Waals surface area contributed by atoms with Crippen molar-refractivity contribution in [1.29, 1.82) is 0 Å². The van der Waals surface area contributed by atoms with Gasteiger partial charge >= 0.3 is 0 Å². The quantitative estimate of drug-likeness (QED) is 0.0955. The SMILES string of the molecule is O=C(CCCC(=O)NCc1ccc([C@@H]2O[C@H](CSc3nc4ccccc4s3)C[C@H](c3ccc(CO)cc3)O2)cc1)NO. The fraction of sp³-hybridized carbons (Fsp3) is 0.323. The van der Waals surface area contributed by atoms with Crippen molar-refractivity contribution in [2.24, 2.45) is 0 Å². The molecule has 2 amide bonds. The molecule has 5 rings (SSSR count). The summed E-state index contributed by atoms with van der Waals surface area (Å²) in [6.07, 6.45) is 0.522. The topological polar surface area (TPSA) is 130 Å². The molecule has 2 heterocycles. The van der Waals surface area contributed by atoms with Crippen LogP contribution in [0, 0.1) is 0 Å². The van der Waals surface area contributed by atoms with E-state index in [4.69, 9.17) is 19.7 Å². The summed E-state index contributed by atoms with van der Waals surface area (Å²) in [4.78, 5) is 27.9. The smallest absolute Gasteiger partial charge is 0.243 e. The lowest BCUT2D eigenvalue weighted by molar-refractivity contribution is -0.245. The van der Waals surface area contributed by atoms with Crippen molar-refractivity contribution >= 4 is 45.1 Å². The summed E-state index contributed by atoms with van der Waals surface area (Å²) in [5.74, 6) is 0.0643. The average Bonchev–Trinajstić information content (AvgIpc) is 3.46. The molecular formula is C31H33N3O6S2. The Morgan fingerprint density at radius 3 is 2.38 bits per heavy atom. The fourth-order valence-electron chi connectivity index (χ4n) is 4.65. The van der Waals surface area contributed by atoms with Crippen LogP contribution in [0.25, 0.3) is 10.2 Å². The second-order valence-electron chi connectivity index (χ2n) is 10.0. The molecule has 0 radical (unpaired) electrons. The molecule has 9 nitrogen and oxygen atoms in total. The lowest BCUT2D eigenvalue weighted by atomic mass is 10.0. The van der Waals surface area contributed by atoms with Gasteiger partial charge in [-0.3, -0.25) is 14.8 Å². The first-order chi connectivity index (χ1) is 20.5. The number of fused-ring (bicyclic) bond motifs is 1. The van der Waals surface area contributed by atoms with E-state index in [1.165, 1.54) is 0 Å². The highest BCUT2D eigenvalue weighted by atomic mass is 32.2. The highest BCUT2D eigenvalue weighted by Crippen LogP contribution is 2.40. The summed E-state index contributed by atoms with van der Waals surface area (Å²) in [6, 6.07) is 23.7. The maximum atomic E-state index is 12.1. The van der Waals surface area contributed by atoms with Gasteiger partial charge in [0.05, 0.1) is 29.0 Å². The van der Waals surface area contributed by atoms with Crippen LogP contribution in [-0.2, 0) is 32.2 Å². The number of para-hydroxylation sites is 1. The summed E-state index contributed by atoms with van der Waals surface area (Å²) in [5, 5.41) is 20.9. The minimum absolute atomic E-state index is 0.00730. The third kappa shape index (κ3) is 8.15. The number of thioether (sulfide) groups is 1. The Hall–Kier alpha value is -3.32. The standard InChI is InChI=1S/C31H33N3O6S2/c35-18-21-10-12-22(13-11-21)26-16-24(19-41-31-33-25-4-1-2-5-27(25)42-31)39-30(40-26)23-14-8-20(9-15-23)17-32-28(36)6-3-7-29(37)34-38/h1-2,4-5,8-15,24,26,30,35,38H,3,6-7,16-19H2,(H,32,36)(H,34,37)/t24-,26+,30+/m0/s1. The van der Waals surface area contributed by atoms with Gasteiger partial charge in [0, 0.05) is 37.1 Å². The summed E-state index contributed by atoms with van der Waals surface area (Å²) >= 11 is 3.37. The van der Waals surface area contributed by atoms with Crippen molar-refractivity contribution in [2.75, 3.05) is 5.75 Å². The number of benzene rings is 3. The van der Waals surface area contributed by atoms with Gasteiger partial charge in [-0.05, 0) is 35.2 Å². The van der Waals surface area contributed by atoms with Crippen LogP contribution in [0.5, 0.6) is 0 Å². The molecular weight excluding hydrogens is 574 g/mol. The van der Waals surface area contributed by atoms with Crippen LogP contribution < -0.4 is 10.8 Å². The zero-order valence-corrected chi connectivity index (χ0v) is 24.5. The Labute approximate surface area is 252 Å². The first-order valence-corrected chi connectivity index (χ1v) is 15.6. The monoisotopic (exact) mass is 607 g/mol. The summed E-state index contributed by atoms with van der Waals surface area (Å²) < 4.78 is 15.1. The van der Waals surface area contributed by atoms with Gasteiger partial charge in [0.25, 0.3) is 0 Å². The molecule has 0 aliphatic carbocycles. The number of aromatic nitrogens is 1. The fourth-order valence-corrected chi connectivity index (χ4v) is 6.76. The third-order valence-electron chi connectivity index (χ3n) is 6.96. The van der Waals surface area contributed by atoms with Crippen molar-refractivity contribution in [3.8, 4) is 0 Å². The number of hydrogen-bond acceptors (Lipinski definition) is 9. The van der Waals surface area contributed by atoms with Crippen molar-refractivity contribution in [3.63, 3.8) is 0 Å². The number of nitrogens with zero attached hydrogens (tertiary/aromatic N) is 1. The van der Waals surface area contributed by atoms with E-state index in [0.717, 1.165) is 42.6 Å². The van der Waals surface area contributed by atoms with E-state index >= 15 is 0 Å². The minimum Gasteiger partial charge on any atom is -0.392 e. The van der Waals surface area contributed by atoms with Gasteiger partial charge in [0.1, 0.15) is 0 Å². The second-order valence-corrected chi connectivity index (χ2v) is 12.3. The number of ether oxygens (including phenoxy) is 2. The number of hydrogen-bond donors (Lipinski definition) is 4. The lowest BCUT2D eigenvalue weighted by Gasteiger charge is -2.36. The molecule has 1 aromatic heterocycles. The van der Waals surface area contributed by atoms with Gasteiger partial charge in [-0.1, -0.05) is 72.4 Å². The average molecular weight is 608 g/mol. The molecule has 3 aromatic carbocycles. The van der Waals surface area contributed by atoms with Crippen LogP contribution in [0.2, 0.25) is 0 Å². The van der Waals surface area contributed by atoms with E-state index in [-0.39, 0.29) is 37.6 Å². The van der Waals surface area contributed by atoms with Crippen molar-refractivity contribution in [3.05, 3.63) is 95.1 Å². The van der Waals surface area contributed by atoms with E-state index in [1.807, 2.05) is 66.7 Å². The van der Waals surface area contributed by atoms with Crippen LogP contribution in [0.3, 0.4) is 0 Å². The molecule has 4 aromatic rings. The van der Waals surface area contributed by atoms with Gasteiger partial charge in [0.15, 0.2) is 10.6 Å². The number of carbonyl (C=O) groups is 2. The van der Waals surface area contributed by atoms with Crippen molar-refractivity contribution < 1.29 is 29.4 Å². The molecule has 0 unspecified atom stereocenters. The number of thiazole rings is 1. The molecule has 1 aliphatic heterocycles. The van der Waals surface area contributed by atoms with E-state index in [0.29, 0.717) is 19.4 Å². The number of aliphatic hydroxyl groups is 1. The molecule has 0 bridgehead atoms. The number of nitrogens with one attached hydrogen (secondary N) is 2. The molecule has 1 fully saturated rings. The molecule has 42 heavy (non-hydrogen) atoms. The van der Waals surface area contributed by atoms with Gasteiger partial charge < -0.3 is 19.9 Å². The Kier molecular flexibility index (Phi) is 10.6. The van der Waals surface area contributed by atoms with Crippen molar-refractivity contribution in [1.82, 2.24) is 15.8 Å². The third-order valence-corrected chi connectivity index (χ3v) is 9.27. The summed E-state index contributed by atoms with van der Waals surface area (Å²) in [5.41, 5.74) is 6.26. The van der Waals surface area contributed by atoms with Gasteiger partial charge in [-0.25, -0.2) is 10.5 Å². The molecule has 1 saturated heterocycles. The zero-order chi connectivity index (χ0) is 29.3. The van der Waals surface area contributed by atoms with Crippen LogP contribution >= 0.6 is 23.1 Å². The lowest BCUT2D eigenvalue weighted by Crippen LogP contribution is -2.31. The van der Waals surface area contributed by atoms with Crippen LogP contribution in [-0.4, -0.2) is 39.0 Å². The highest BCUT2D eigenvalue weighted by Gasteiger charge is 2.32. The Bertz CT molecular complexity index is 1450. The Morgan fingerprint density at radius 1 is 0.929 bits per heavy atom. The predicted octanol–water partition coefficient (Wildman–Crippen LogP) is 5.42. The number of amides is 2. The van der Waals surface area contributed by atoms with Crippen molar-refractivity contribution in [2.45, 2.75) is 61.7 Å². The number of rotatable bonds is 12. The van der Waals surface area contributed by atoms with Gasteiger partial charge in [-0.15, -0.1) is 11.3 Å². The summed E-state index contributed by atoms with van der Waals surface area (Å²) in [7, 11) is 0. The Morgan fingerprint density at radius 2 is 1.64 bits per heavy atom. The molecule has 0 spiro atoms. The highest BCUT2D eigenvalue weighted by molar-refractivity contribution is 8.01. The van der Waals surface area contributed by atoms with Crippen LogP contribution in [0.15, 0.2) is 77.1 Å². The number of aliphatic hydroxyl groups excluding tert-OH is 1. The maximum Gasteiger partial charge on any atom is 0.243 e. The van der Waals surface area contributed by atoms with E-state index in [1.54, 1.807) is 28.6 Å². The molecule has 220 valence electrons. The largest absolute Gasteiger partial charge is 0.392 e. The molecule has 3 atom stereocenters. The minimum atomic E-state index is -0.566. The maximum absolute atomic E-state index is 12.1. The first-order valence-electron chi connectivity index (χ1n) is 13.8. The van der Waals surface area contributed by atoms with Crippen LogP contribution in [0.4, 0.5) is 0 Å². The predicted molar refractivity (Wildman–Crippen MR) is 161 cm³/mol. The first kappa shape index (κ1) is 30.1. The molecule has 4 N–H and O–H groups in total. The summed E-state index contributed by atoms with van der Waals surface area (Å²) in [6.45, 7) is 0.353. The van der Waals surface area contributed by atoms with Crippen LogP contribution in [0.1, 0.15) is 60.3 Å². The molecule has 11 heteroatoms. The normalized spacial score (nSPS) is 18.6. The van der Waals surface area contributed by atoms with E-state index in [2.05, 4.69) is 11.4 Å². The Balaban J connectivity index is 1.23. The van der Waals surface area contributed by atoms with Gasteiger partial charge in [0.2, 0.25) is 11.8 Å². The molecule has 0 saturated carbocycles.